The van der Waals surface area contributed by atoms with Gasteiger partial charge < -0.3 is 5.32 Å². The Morgan fingerprint density at radius 3 is 2.64 bits per heavy atom. The Balaban J connectivity index is 2.22. The summed E-state index contributed by atoms with van der Waals surface area (Å²) in [5, 5.41) is 4.26. The molecule has 0 aliphatic carbocycles. The summed E-state index contributed by atoms with van der Waals surface area (Å²) in [7, 11) is 0. The molecule has 2 atom stereocenters. The van der Waals surface area contributed by atoms with E-state index >= 15 is 0 Å². The minimum absolute atomic E-state index is 0.734. The quantitative estimate of drug-likeness (QED) is 0.703. The van der Waals surface area contributed by atoms with Gasteiger partial charge >= 0.3 is 0 Å². The summed E-state index contributed by atoms with van der Waals surface area (Å²) >= 11 is 2.08. The molecule has 1 heterocycles. The van der Waals surface area contributed by atoms with E-state index in [1.54, 1.807) is 0 Å². The maximum Gasteiger partial charge on any atom is 0.0558 e. The lowest BCUT2D eigenvalue weighted by molar-refractivity contribution is 0.404. The molecular formula is C9H19NS. The lowest BCUT2D eigenvalue weighted by Crippen LogP contribution is -2.27. The molecule has 1 fully saturated rings. The summed E-state index contributed by atoms with van der Waals surface area (Å²) < 4.78 is 0. The van der Waals surface area contributed by atoms with E-state index in [-0.39, 0.29) is 0 Å². The molecule has 1 aliphatic heterocycles. The third-order valence-corrected chi connectivity index (χ3v) is 3.54. The summed E-state index contributed by atoms with van der Waals surface area (Å²) in [6.07, 6.45) is 1.35. The Hall–Kier alpha value is 0.310. The van der Waals surface area contributed by atoms with Crippen LogP contribution in [0.25, 0.3) is 0 Å². The fraction of sp³-hybridized carbons (Fsp3) is 1.00. The van der Waals surface area contributed by atoms with E-state index in [0.29, 0.717) is 0 Å². The van der Waals surface area contributed by atoms with Crippen LogP contribution in [0.5, 0.6) is 0 Å². The predicted molar refractivity (Wildman–Crippen MR) is 52.9 cm³/mol. The standard InChI is InChI=1S/C9H19NS/c1-7(2)6-8(3)9-10-4-5-11-9/h7-10H,4-6H2,1-3H3. The van der Waals surface area contributed by atoms with E-state index in [9.17, 15) is 0 Å². The van der Waals surface area contributed by atoms with Crippen LogP contribution in [0.15, 0.2) is 0 Å². The molecule has 1 N–H and O–H groups in total. The number of thioether (sulfide) groups is 1. The van der Waals surface area contributed by atoms with Gasteiger partial charge in [-0.15, -0.1) is 11.8 Å². The first kappa shape index (κ1) is 9.40. The van der Waals surface area contributed by atoms with Gasteiger partial charge in [-0.3, -0.25) is 0 Å². The van der Waals surface area contributed by atoms with E-state index in [2.05, 4.69) is 37.8 Å². The van der Waals surface area contributed by atoms with E-state index in [1.165, 1.54) is 18.7 Å². The number of rotatable bonds is 3. The van der Waals surface area contributed by atoms with E-state index in [4.69, 9.17) is 0 Å². The van der Waals surface area contributed by atoms with Crippen molar-refractivity contribution in [2.45, 2.75) is 32.6 Å². The zero-order valence-corrected chi connectivity index (χ0v) is 8.58. The zero-order chi connectivity index (χ0) is 8.27. The smallest absolute Gasteiger partial charge is 0.0558 e. The highest BCUT2D eigenvalue weighted by atomic mass is 32.2. The third-order valence-electron chi connectivity index (χ3n) is 2.11. The van der Waals surface area contributed by atoms with Crippen molar-refractivity contribution in [1.29, 1.82) is 0 Å². The summed E-state index contributed by atoms with van der Waals surface area (Å²) in [5.74, 6) is 2.98. The molecule has 1 saturated heterocycles. The van der Waals surface area contributed by atoms with Gasteiger partial charge in [0, 0.05) is 12.3 Å². The number of hydrogen-bond acceptors (Lipinski definition) is 2. The van der Waals surface area contributed by atoms with Gasteiger partial charge in [0.15, 0.2) is 0 Å². The molecule has 1 aliphatic rings. The Labute approximate surface area is 74.3 Å². The number of nitrogens with one attached hydrogen (secondary N) is 1. The van der Waals surface area contributed by atoms with Crippen molar-refractivity contribution in [3.05, 3.63) is 0 Å². The SMILES string of the molecule is CC(C)CC(C)C1NCCS1. The highest BCUT2D eigenvalue weighted by Gasteiger charge is 2.21. The number of hydrogen-bond donors (Lipinski definition) is 1. The Kier molecular flexibility index (Phi) is 3.73. The van der Waals surface area contributed by atoms with Crippen LogP contribution in [0.3, 0.4) is 0 Å². The minimum atomic E-state index is 0.734. The molecule has 66 valence electrons. The lowest BCUT2D eigenvalue weighted by Gasteiger charge is -2.20. The summed E-state index contributed by atoms with van der Waals surface area (Å²) in [4.78, 5) is 0. The fourth-order valence-electron chi connectivity index (χ4n) is 1.68. The monoisotopic (exact) mass is 173 g/mol. The highest BCUT2D eigenvalue weighted by molar-refractivity contribution is 8.00. The van der Waals surface area contributed by atoms with Gasteiger partial charge in [0.1, 0.15) is 0 Å². The van der Waals surface area contributed by atoms with Crippen LogP contribution in [-0.2, 0) is 0 Å². The summed E-state index contributed by atoms with van der Waals surface area (Å²) in [6, 6.07) is 0. The van der Waals surface area contributed by atoms with Crippen LogP contribution >= 0.6 is 11.8 Å². The third kappa shape index (κ3) is 3.04. The molecule has 0 bridgehead atoms. The zero-order valence-electron chi connectivity index (χ0n) is 7.76. The second-order valence-corrected chi connectivity index (χ2v) is 5.10. The first-order valence-electron chi connectivity index (χ1n) is 4.55. The van der Waals surface area contributed by atoms with Gasteiger partial charge in [0.2, 0.25) is 0 Å². The van der Waals surface area contributed by atoms with Gasteiger partial charge in [-0.05, 0) is 18.3 Å². The predicted octanol–water partition coefficient (Wildman–Crippen LogP) is 2.33. The van der Waals surface area contributed by atoms with Crippen LogP contribution in [-0.4, -0.2) is 17.7 Å². The van der Waals surface area contributed by atoms with Crippen molar-refractivity contribution in [2.24, 2.45) is 11.8 Å². The lowest BCUT2D eigenvalue weighted by atomic mass is 9.99. The normalized spacial score (nSPS) is 27.8. The van der Waals surface area contributed by atoms with Crippen LogP contribution in [0.1, 0.15) is 27.2 Å². The molecule has 0 amide bonds. The first-order chi connectivity index (χ1) is 5.20. The average molecular weight is 173 g/mol. The summed E-state index contributed by atoms with van der Waals surface area (Å²) in [5.41, 5.74) is 0. The molecule has 11 heavy (non-hydrogen) atoms. The second kappa shape index (κ2) is 4.36. The molecule has 0 saturated carbocycles. The van der Waals surface area contributed by atoms with Crippen molar-refractivity contribution < 1.29 is 0 Å². The molecular weight excluding hydrogens is 154 g/mol. The van der Waals surface area contributed by atoms with Crippen molar-refractivity contribution in [3.63, 3.8) is 0 Å². The first-order valence-corrected chi connectivity index (χ1v) is 5.60. The maximum atomic E-state index is 3.52. The van der Waals surface area contributed by atoms with Crippen LogP contribution in [0, 0.1) is 11.8 Å². The van der Waals surface area contributed by atoms with Gasteiger partial charge in [0.25, 0.3) is 0 Å². The van der Waals surface area contributed by atoms with Crippen molar-refractivity contribution in [2.75, 3.05) is 12.3 Å². The van der Waals surface area contributed by atoms with Gasteiger partial charge in [-0.1, -0.05) is 20.8 Å². The van der Waals surface area contributed by atoms with Crippen LogP contribution < -0.4 is 5.32 Å². The fourth-order valence-corrected chi connectivity index (χ4v) is 2.84. The largest absolute Gasteiger partial charge is 0.304 e. The minimum Gasteiger partial charge on any atom is -0.304 e. The molecule has 1 nitrogen and oxygen atoms in total. The Morgan fingerprint density at radius 2 is 2.18 bits per heavy atom. The molecule has 2 unspecified atom stereocenters. The molecule has 1 rings (SSSR count). The van der Waals surface area contributed by atoms with Gasteiger partial charge in [-0.25, -0.2) is 0 Å². The van der Waals surface area contributed by atoms with Crippen molar-refractivity contribution in [1.82, 2.24) is 5.32 Å². The average Bonchev–Trinajstić information content (AvgIpc) is 2.35. The Morgan fingerprint density at radius 1 is 1.45 bits per heavy atom. The van der Waals surface area contributed by atoms with E-state index in [1.807, 2.05) is 0 Å². The van der Waals surface area contributed by atoms with Crippen molar-refractivity contribution in [3.8, 4) is 0 Å². The van der Waals surface area contributed by atoms with Gasteiger partial charge in [0.05, 0.1) is 5.37 Å². The second-order valence-electron chi connectivity index (χ2n) is 3.85. The van der Waals surface area contributed by atoms with Crippen LogP contribution in [0.2, 0.25) is 0 Å². The molecule has 0 aromatic rings. The molecule has 2 heteroatoms. The van der Waals surface area contributed by atoms with Crippen LogP contribution in [0.4, 0.5) is 0 Å². The van der Waals surface area contributed by atoms with E-state index < -0.39 is 0 Å². The van der Waals surface area contributed by atoms with E-state index in [0.717, 1.165) is 17.2 Å². The molecule has 0 aromatic carbocycles. The highest BCUT2D eigenvalue weighted by Crippen LogP contribution is 2.25. The molecule has 0 spiro atoms. The Bertz CT molecular complexity index is 108. The topological polar surface area (TPSA) is 12.0 Å². The van der Waals surface area contributed by atoms with Crippen molar-refractivity contribution >= 4 is 11.8 Å². The van der Waals surface area contributed by atoms with Gasteiger partial charge in [-0.2, -0.15) is 0 Å². The maximum absolute atomic E-state index is 3.52. The molecule has 0 aromatic heterocycles. The summed E-state index contributed by atoms with van der Waals surface area (Å²) in [6.45, 7) is 8.17. The molecule has 0 radical (unpaired) electrons.